The Bertz CT molecular complexity index is 1490. The molecule has 178 valence electrons. The van der Waals surface area contributed by atoms with Gasteiger partial charge in [-0.05, 0) is 94.0 Å². The highest BCUT2D eigenvalue weighted by atomic mass is 32.2. The zero-order valence-electron chi connectivity index (χ0n) is 19.1. The molecular weight excluding hydrogens is 481 g/mol. The van der Waals surface area contributed by atoms with Crippen molar-refractivity contribution in [1.82, 2.24) is 0 Å². The number of sulfone groups is 1. The zero-order valence-corrected chi connectivity index (χ0v) is 20.7. The summed E-state index contributed by atoms with van der Waals surface area (Å²) in [6.45, 7) is 2.04. The maximum atomic E-state index is 14.3. The van der Waals surface area contributed by atoms with Crippen LogP contribution in [0.15, 0.2) is 94.7 Å². The second-order valence-electron chi connectivity index (χ2n) is 8.47. The number of hydrogen-bond donors (Lipinski definition) is 1. The number of thiophene rings is 1. The van der Waals surface area contributed by atoms with E-state index in [0.29, 0.717) is 0 Å². The summed E-state index contributed by atoms with van der Waals surface area (Å²) in [5.74, 6) is -0.468. The Labute approximate surface area is 208 Å². The van der Waals surface area contributed by atoms with Crippen LogP contribution in [0, 0.1) is 5.82 Å². The molecule has 0 fully saturated rings. The molecule has 5 rings (SSSR count). The number of nitrogens with zero attached hydrogens (tertiary/aromatic N) is 1. The molecule has 35 heavy (non-hydrogen) atoms. The fraction of sp³-hybridized carbons (Fsp3) is 0.143. The third-order valence-electron chi connectivity index (χ3n) is 6.29. The lowest BCUT2D eigenvalue weighted by Crippen LogP contribution is -2.27. The van der Waals surface area contributed by atoms with E-state index in [0.717, 1.165) is 39.9 Å². The van der Waals surface area contributed by atoms with Crippen molar-refractivity contribution in [2.24, 2.45) is 0 Å². The Morgan fingerprint density at radius 2 is 1.80 bits per heavy atom. The van der Waals surface area contributed by atoms with Gasteiger partial charge in [-0.15, -0.1) is 0 Å². The van der Waals surface area contributed by atoms with Crippen LogP contribution in [-0.4, -0.2) is 19.3 Å². The van der Waals surface area contributed by atoms with Crippen LogP contribution in [0.4, 0.5) is 10.1 Å². The standard InChI is InChI=1S/C28H24FNO3S2/c1-2-27-26-17-21(29)5-10-24(26)25-16-19(20-12-14-34-18-20)4-11-28(25)30(27)13-3-15-35(32,33)23-8-6-22(31)7-9-23/h3-14,16-18,27,31H,2,15H2,1H3. The van der Waals surface area contributed by atoms with E-state index in [1.54, 1.807) is 29.7 Å². The predicted molar refractivity (Wildman–Crippen MR) is 140 cm³/mol. The number of rotatable bonds is 6. The SMILES string of the molecule is CCC1c2cc(F)ccc2-c2cc(-c3ccsc3)ccc2N1C=CCS(=O)(=O)c1ccc(O)cc1. The van der Waals surface area contributed by atoms with E-state index >= 15 is 0 Å². The van der Waals surface area contributed by atoms with E-state index in [2.05, 4.69) is 29.6 Å². The molecule has 1 aliphatic heterocycles. The molecule has 1 aromatic heterocycles. The van der Waals surface area contributed by atoms with Crippen LogP contribution >= 0.6 is 11.3 Å². The van der Waals surface area contributed by atoms with Gasteiger partial charge >= 0.3 is 0 Å². The first kappa shape index (κ1) is 23.3. The molecular formula is C28H24FNO3S2. The van der Waals surface area contributed by atoms with Gasteiger partial charge in [0.2, 0.25) is 0 Å². The molecule has 0 radical (unpaired) electrons. The number of hydrogen-bond acceptors (Lipinski definition) is 5. The van der Waals surface area contributed by atoms with E-state index in [1.165, 1.54) is 30.3 Å². The van der Waals surface area contributed by atoms with Gasteiger partial charge in [-0.3, -0.25) is 0 Å². The largest absolute Gasteiger partial charge is 0.508 e. The van der Waals surface area contributed by atoms with Gasteiger partial charge in [-0.1, -0.05) is 25.1 Å². The maximum Gasteiger partial charge on any atom is 0.181 e. The lowest BCUT2D eigenvalue weighted by atomic mass is 9.86. The summed E-state index contributed by atoms with van der Waals surface area (Å²) in [6, 6.07) is 18.6. The molecule has 0 saturated heterocycles. The number of aromatic hydroxyl groups is 1. The second kappa shape index (κ2) is 9.32. The van der Waals surface area contributed by atoms with Crippen molar-refractivity contribution in [3.8, 4) is 28.0 Å². The van der Waals surface area contributed by atoms with Crippen molar-refractivity contribution in [3.63, 3.8) is 0 Å². The quantitative estimate of drug-likeness (QED) is 0.301. The van der Waals surface area contributed by atoms with Gasteiger partial charge in [0.1, 0.15) is 11.6 Å². The number of halogens is 1. The molecule has 1 unspecified atom stereocenters. The molecule has 7 heteroatoms. The highest BCUT2D eigenvalue weighted by Gasteiger charge is 2.29. The van der Waals surface area contributed by atoms with E-state index in [9.17, 15) is 17.9 Å². The normalized spacial score (nSPS) is 15.3. The number of anilines is 1. The molecule has 0 bridgehead atoms. The minimum atomic E-state index is -3.57. The van der Waals surface area contributed by atoms with Gasteiger partial charge in [0.15, 0.2) is 9.84 Å². The first-order chi connectivity index (χ1) is 16.9. The summed E-state index contributed by atoms with van der Waals surface area (Å²) in [5.41, 5.74) is 6.02. The molecule has 1 aliphatic rings. The van der Waals surface area contributed by atoms with Crippen molar-refractivity contribution in [2.45, 2.75) is 24.3 Å². The first-order valence-corrected chi connectivity index (χ1v) is 13.9. The first-order valence-electron chi connectivity index (χ1n) is 11.3. The summed E-state index contributed by atoms with van der Waals surface area (Å²) in [6.07, 6.45) is 4.14. The average molecular weight is 506 g/mol. The molecule has 1 N–H and O–H groups in total. The van der Waals surface area contributed by atoms with Crippen molar-refractivity contribution < 1.29 is 17.9 Å². The molecule has 0 saturated carbocycles. The minimum absolute atomic E-state index is 0.0166. The van der Waals surface area contributed by atoms with Gasteiger partial charge in [-0.25, -0.2) is 12.8 Å². The van der Waals surface area contributed by atoms with Crippen molar-refractivity contribution >= 4 is 26.9 Å². The summed E-state index contributed by atoms with van der Waals surface area (Å²) in [7, 11) is -3.57. The van der Waals surface area contributed by atoms with Gasteiger partial charge in [0, 0.05) is 17.5 Å². The maximum absolute atomic E-state index is 14.3. The van der Waals surface area contributed by atoms with Crippen LogP contribution in [0.1, 0.15) is 24.9 Å². The van der Waals surface area contributed by atoms with Crippen LogP contribution < -0.4 is 4.90 Å². The topological polar surface area (TPSA) is 57.6 Å². The molecule has 3 aromatic carbocycles. The number of fused-ring (bicyclic) bond motifs is 3. The van der Waals surface area contributed by atoms with E-state index < -0.39 is 9.84 Å². The Hall–Kier alpha value is -3.42. The average Bonchev–Trinajstić information content (AvgIpc) is 3.39. The highest BCUT2D eigenvalue weighted by Crippen LogP contribution is 2.47. The molecule has 0 aliphatic carbocycles. The smallest absolute Gasteiger partial charge is 0.181 e. The summed E-state index contributed by atoms with van der Waals surface area (Å²) in [4.78, 5) is 2.19. The highest BCUT2D eigenvalue weighted by molar-refractivity contribution is 7.91. The van der Waals surface area contributed by atoms with Gasteiger partial charge in [-0.2, -0.15) is 11.3 Å². The third kappa shape index (κ3) is 4.49. The molecule has 4 nitrogen and oxygen atoms in total. The van der Waals surface area contributed by atoms with Crippen LogP contribution in [0.2, 0.25) is 0 Å². The van der Waals surface area contributed by atoms with Gasteiger partial charge in [0.25, 0.3) is 0 Å². The minimum Gasteiger partial charge on any atom is -0.508 e. The number of phenolic OH excluding ortho intramolecular Hbond substituents is 1. The Balaban J connectivity index is 1.55. The lowest BCUT2D eigenvalue weighted by Gasteiger charge is -2.38. The summed E-state index contributed by atoms with van der Waals surface area (Å²) >= 11 is 1.63. The Kier molecular flexibility index (Phi) is 6.21. The summed E-state index contributed by atoms with van der Waals surface area (Å²) < 4.78 is 39.9. The van der Waals surface area contributed by atoms with Crippen LogP contribution in [-0.2, 0) is 9.84 Å². The third-order valence-corrected chi connectivity index (χ3v) is 8.60. The molecule has 2 heterocycles. The van der Waals surface area contributed by atoms with Gasteiger partial charge in [0.05, 0.1) is 16.7 Å². The van der Waals surface area contributed by atoms with Crippen LogP contribution in [0.5, 0.6) is 5.75 Å². The van der Waals surface area contributed by atoms with E-state index in [4.69, 9.17) is 0 Å². The predicted octanol–water partition coefficient (Wildman–Crippen LogP) is 7.19. The number of benzene rings is 3. The second-order valence-corrected chi connectivity index (χ2v) is 11.3. The summed E-state index contributed by atoms with van der Waals surface area (Å²) in [5, 5.41) is 13.6. The zero-order chi connectivity index (χ0) is 24.6. The van der Waals surface area contributed by atoms with Crippen molar-refractivity contribution in [1.29, 1.82) is 0 Å². The van der Waals surface area contributed by atoms with Crippen molar-refractivity contribution in [2.75, 3.05) is 10.7 Å². The number of phenols is 1. The fourth-order valence-corrected chi connectivity index (χ4v) is 6.34. The monoisotopic (exact) mass is 505 g/mol. The van der Waals surface area contributed by atoms with Crippen LogP contribution in [0.3, 0.4) is 0 Å². The molecule has 1 atom stereocenters. The molecule has 0 amide bonds. The van der Waals surface area contributed by atoms with Crippen molar-refractivity contribution in [3.05, 3.63) is 101 Å². The van der Waals surface area contributed by atoms with Gasteiger partial charge < -0.3 is 10.0 Å². The fourth-order valence-electron chi connectivity index (χ4n) is 4.59. The molecule has 4 aromatic rings. The van der Waals surface area contributed by atoms with Crippen LogP contribution in [0.25, 0.3) is 22.3 Å². The van der Waals surface area contributed by atoms with E-state index in [-0.39, 0.29) is 28.3 Å². The lowest BCUT2D eigenvalue weighted by molar-refractivity contribution is 0.475. The van der Waals surface area contributed by atoms with E-state index in [1.807, 2.05) is 23.3 Å². The Morgan fingerprint density at radius 1 is 1.00 bits per heavy atom. The Morgan fingerprint density at radius 3 is 2.51 bits per heavy atom. The molecule has 0 spiro atoms.